The zero-order valence-electron chi connectivity index (χ0n) is 17.9. The van der Waals surface area contributed by atoms with Crippen molar-refractivity contribution in [2.45, 2.75) is 33.7 Å². The Morgan fingerprint density at radius 2 is 2.07 bits per heavy atom. The van der Waals surface area contributed by atoms with Crippen molar-refractivity contribution >= 4 is 32.6 Å². The fourth-order valence-corrected chi connectivity index (χ4v) is 5.11. The minimum atomic E-state index is -0.0373. The second-order valence-electron chi connectivity index (χ2n) is 7.72. The van der Waals surface area contributed by atoms with Crippen molar-refractivity contribution in [3.63, 3.8) is 0 Å². The van der Waals surface area contributed by atoms with Crippen LogP contribution in [0.4, 0.5) is 5.13 Å². The Morgan fingerprint density at radius 1 is 1.27 bits per heavy atom. The number of carbonyl (C=O) groups is 1. The molecule has 4 rings (SSSR count). The van der Waals surface area contributed by atoms with Crippen molar-refractivity contribution in [2.24, 2.45) is 0 Å². The number of benzene rings is 1. The molecule has 0 aliphatic carbocycles. The lowest BCUT2D eigenvalue weighted by Crippen LogP contribution is -2.39. The molecule has 3 heterocycles. The molecule has 1 saturated heterocycles. The third-order valence-electron chi connectivity index (χ3n) is 5.49. The van der Waals surface area contributed by atoms with Gasteiger partial charge >= 0.3 is 0 Å². The van der Waals surface area contributed by atoms with Crippen molar-refractivity contribution < 1.29 is 9.53 Å². The molecule has 1 aromatic carbocycles. The summed E-state index contributed by atoms with van der Waals surface area (Å²) in [4.78, 5) is 22.6. The molecule has 0 saturated carbocycles. The van der Waals surface area contributed by atoms with E-state index in [0.717, 1.165) is 60.2 Å². The van der Waals surface area contributed by atoms with Crippen LogP contribution in [0, 0.1) is 13.8 Å². The molecule has 2 aromatic heterocycles. The number of carbonyl (C=O) groups excluding carboxylic acids is 1. The van der Waals surface area contributed by atoms with E-state index in [0.29, 0.717) is 18.8 Å². The number of aryl methyl sites for hydroxylation is 3. The Bertz CT molecular complexity index is 1020. The minimum Gasteiger partial charge on any atom is -0.379 e. The molecule has 0 radical (unpaired) electrons. The fraction of sp³-hybridized carbons (Fsp3) is 0.500. The number of hydrogen-bond acceptors (Lipinski definition) is 6. The molecule has 0 spiro atoms. The number of anilines is 1. The molecule has 0 N–H and O–H groups in total. The first-order valence-electron chi connectivity index (χ1n) is 10.6. The van der Waals surface area contributed by atoms with Crippen molar-refractivity contribution in [1.29, 1.82) is 0 Å². The van der Waals surface area contributed by atoms with E-state index in [9.17, 15) is 4.79 Å². The van der Waals surface area contributed by atoms with E-state index in [2.05, 4.69) is 36.0 Å². The quantitative estimate of drug-likeness (QED) is 0.577. The van der Waals surface area contributed by atoms with E-state index in [1.807, 2.05) is 11.8 Å². The van der Waals surface area contributed by atoms with Gasteiger partial charge in [-0.15, -0.1) is 0 Å². The molecule has 1 fully saturated rings. The number of nitrogens with zero attached hydrogens (tertiary/aromatic N) is 5. The predicted octanol–water partition coefficient (Wildman–Crippen LogP) is 3.50. The minimum absolute atomic E-state index is 0.0373. The lowest BCUT2D eigenvalue weighted by molar-refractivity contribution is 0.0376. The normalized spacial score (nSPS) is 15.0. The molecule has 30 heavy (non-hydrogen) atoms. The maximum Gasteiger partial charge on any atom is 0.278 e. The highest BCUT2D eigenvalue weighted by Crippen LogP contribution is 2.32. The van der Waals surface area contributed by atoms with E-state index in [1.165, 1.54) is 5.56 Å². The summed E-state index contributed by atoms with van der Waals surface area (Å²) in [5.74, 6) is -0.0373. The van der Waals surface area contributed by atoms with Crippen LogP contribution in [0.15, 0.2) is 24.4 Å². The zero-order valence-corrected chi connectivity index (χ0v) is 18.7. The van der Waals surface area contributed by atoms with Gasteiger partial charge in [-0.25, -0.2) is 4.98 Å². The highest BCUT2D eigenvalue weighted by atomic mass is 32.1. The average molecular weight is 428 g/mol. The number of hydrogen-bond donors (Lipinski definition) is 0. The zero-order chi connectivity index (χ0) is 21.1. The number of morpholine rings is 1. The molecule has 1 amide bonds. The van der Waals surface area contributed by atoms with Crippen LogP contribution in [0.25, 0.3) is 10.2 Å². The lowest BCUT2D eigenvalue weighted by atomic mass is 10.1. The SMILES string of the molecule is CCn1nccc1C(=O)N(CCCN1CCOCC1)c1nc2c(C)cc(C)cc2s1. The maximum atomic E-state index is 13.5. The van der Waals surface area contributed by atoms with Crippen LogP contribution in [0.3, 0.4) is 0 Å². The summed E-state index contributed by atoms with van der Waals surface area (Å²) in [5, 5.41) is 5.04. The van der Waals surface area contributed by atoms with Gasteiger partial charge in [0.1, 0.15) is 5.69 Å². The fourth-order valence-electron chi connectivity index (χ4n) is 3.94. The summed E-state index contributed by atoms with van der Waals surface area (Å²) in [6, 6.07) is 6.09. The van der Waals surface area contributed by atoms with Gasteiger partial charge in [-0.3, -0.25) is 19.3 Å². The standard InChI is InChI=1S/C22H29N5O2S/c1-4-27-18(6-7-23-27)21(28)26(9-5-8-25-10-12-29-13-11-25)22-24-20-17(3)14-16(2)15-19(20)30-22/h6-7,14-15H,4-5,8-13H2,1-3H3. The molecular formula is C22H29N5O2S. The van der Waals surface area contributed by atoms with Crippen LogP contribution in [0.5, 0.6) is 0 Å². The number of rotatable bonds is 7. The average Bonchev–Trinajstić information content (AvgIpc) is 3.38. The monoisotopic (exact) mass is 427 g/mol. The molecule has 0 bridgehead atoms. The van der Waals surface area contributed by atoms with E-state index in [-0.39, 0.29) is 5.91 Å². The third kappa shape index (κ3) is 4.40. The van der Waals surface area contributed by atoms with Gasteiger partial charge in [0.05, 0.1) is 23.4 Å². The molecule has 3 aromatic rings. The summed E-state index contributed by atoms with van der Waals surface area (Å²) in [7, 11) is 0. The molecule has 8 heteroatoms. The van der Waals surface area contributed by atoms with Gasteiger partial charge in [-0.2, -0.15) is 5.10 Å². The van der Waals surface area contributed by atoms with Crippen molar-refractivity contribution in [3.8, 4) is 0 Å². The second-order valence-corrected chi connectivity index (χ2v) is 8.73. The molecule has 1 aliphatic rings. The van der Waals surface area contributed by atoms with E-state index < -0.39 is 0 Å². The van der Waals surface area contributed by atoms with E-state index in [4.69, 9.17) is 9.72 Å². The van der Waals surface area contributed by atoms with Crippen LogP contribution < -0.4 is 4.90 Å². The van der Waals surface area contributed by atoms with Crippen LogP contribution in [0.1, 0.15) is 35.0 Å². The topological polar surface area (TPSA) is 63.5 Å². The molecule has 0 unspecified atom stereocenters. The van der Waals surface area contributed by atoms with Gasteiger partial charge in [0.25, 0.3) is 5.91 Å². The van der Waals surface area contributed by atoms with Crippen LogP contribution in [-0.4, -0.2) is 65.0 Å². The molecule has 1 aliphatic heterocycles. The van der Waals surface area contributed by atoms with Crippen molar-refractivity contribution in [3.05, 3.63) is 41.2 Å². The van der Waals surface area contributed by atoms with Crippen molar-refractivity contribution in [2.75, 3.05) is 44.3 Å². The highest BCUT2D eigenvalue weighted by Gasteiger charge is 2.24. The summed E-state index contributed by atoms with van der Waals surface area (Å²) >= 11 is 1.59. The van der Waals surface area contributed by atoms with Crippen molar-refractivity contribution in [1.82, 2.24) is 19.7 Å². The number of ether oxygens (including phenoxy) is 1. The predicted molar refractivity (Wildman–Crippen MR) is 121 cm³/mol. The van der Waals surface area contributed by atoms with Crippen LogP contribution in [0.2, 0.25) is 0 Å². The van der Waals surface area contributed by atoms with Gasteiger partial charge in [0, 0.05) is 38.9 Å². The highest BCUT2D eigenvalue weighted by molar-refractivity contribution is 7.22. The molecular weight excluding hydrogens is 398 g/mol. The Hall–Kier alpha value is -2.29. The Morgan fingerprint density at radius 3 is 2.83 bits per heavy atom. The summed E-state index contributed by atoms with van der Waals surface area (Å²) in [6.07, 6.45) is 2.58. The van der Waals surface area contributed by atoms with Gasteiger partial charge in [0.15, 0.2) is 5.13 Å². The molecule has 0 atom stereocenters. The second kappa shape index (κ2) is 9.24. The first-order chi connectivity index (χ1) is 14.6. The molecule has 7 nitrogen and oxygen atoms in total. The van der Waals surface area contributed by atoms with Gasteiger partial charge in [-0.05, 0) is 50.5 Å². The van der Waals surface area contributed by atoms with Gasteiger partial charge < -0.3 is 4.74 Å². The van der Waals surface area contributed by atoms with Crippen LogP contribution in [-0.2, 0) is 11.3 Å². The smallest absolute Gasteiger partial charge is 0.278 e. The van der Waals surface area contributed by atoms with Crippen LogP contribution >= 0.6 is 11.3 Å². The first-order valence-corrected chi connectivity index (χ1v) is 11.4. The number of aromatic nitrogens is 3. The molecule has 160 valence electrons. The summed E-state index contributed by atoms with van der Waals surface area (Å²) < 4.78 is 8.31. The number of amides is 1. The Kier molecular flexibility index (Phi) is 6.46. The van der Waals surface area contributed by atoms with Gasteiger partial charge in [0.2, 0.25) is 0 Å². The first kappa shape index (κ1) is 21.0. The van der Waals surface area contributed by atoms with E-state index >= 15 is 0 Å². The number of fused-ring (bicyclic) bond motifs is 1. The van der Waals surface area contributed by atoms with Gasteiger partial charge in [-0.1, -0.05) is 17.4 Å². The van der Waals surface area contributed by atoms with E-state index in [1.54, 1.807) is 28.3 Å². The number of thiazole rings is 1. The third-order valence-corrected chi connectivity index (χ3v) is 6.51. The largest absolute Gasteiger partial charge is 0.379 e. The Balaban J connectivity index is 1.61. The summed E-state index contributed by atoms with van der Waals surface area (Å²) in [5.41, 5.74) is 3.95. The Labute approximate surface area is 181 Å². The maximum absolute atomic E-state index is 13.5. The summed E-state index contributed by atoms with van der Waals surface area (Å²) in [6.45, 7) is 11.9. The lowest BCUT2D eigenvalue weighted by Gasteiger charge is -2.27.